The lowest BCUT2D eigenvalue weighted by Gasteiger charge is -2.31. The van der Waals surface area contributed by atoms with Crippen LogP contribution in [0.3, 0.4) is 0 Å². The third-order valence-electron chi connectivity index (χ3n) is 5.53. The van der Waals surface area contributed by atoms with E-state index in [9.17, 15) is 14.4 Å². The molecule has 168 valence electrons. The molecule has 2 aromatic heterocycles. The smallest absolute Gasteiger partial charge is 0.270 e. The lowest BCUT2D eigenvalue weighted by Crippen LogP contribution is -2.51. The highest BCUT2D eigenvalue weighted by atomic mass is 32.1. The van der Waals surface area contributed by atoms with Gasteiger partial charge in [-0.15, -0.1) is 11.3 Å². The number of aromatic nitrogens is 1. The van der Waals surface area contributed by atoms with E-state index in [-0.39, 0.29) is 34.8 Å². The third kappa shape index (κ3) is 5.62. The van der Waals surface area contributed by atoms with Crippen LogP contribution in [0.15, 0.2) is 17.5 Å². The minimum absolute atomic E-state index is 0.0240. The summed E-state index contributed by atoms with van der Waals surface area (Å²) in [4.78, 5) is 41.1. The molecule has 0 radical (unpaired) electrons. The Labute approximate surface area is 190 Å². The molecule has 0 saturated heterocycles. The van der Waals surface area contributed by atoms with Gasteiger partial charge in [0, 0.05) is 10.9 Å². The maximum atomic E-state index is 13.6. The molecule has 1 saturated carbocycles. The highest BCUT2D eigenvalue weighted by Gasteiger charge is 2.34. The first kappa shape index (κ1) is 23.2. The number of nitrogens with two attached hydrogens (primary N) is 2. The van der Waals surface area contributed by atoms with Crippen LogP contribution in [0, 0.1) is 0 Å². The predicted molar refractivity (Wildman–Crippen MR) is 123 cm³/mol. The Morgan fingerprint density at radius 2 is 2.06 bits per heavy atom. The third-order valence-corrected chi connectivity index (χ3v) is 7.25. The fourth-order valence-electron chi connectivity index (χ4n) is 3.85. The van der Waals surface area contributed by atoms with E-state index in [1.807, 2.05) is 17.5 Å². The molecule has 0 spiro atoms. The highest BCUT2D eigenvalue weighted by molar-refractivity contribution is 7.10. The molecule has 10 heteroatoms. The Balaban J connectivity index is 1.92. The van der Waals surface area contributed by atoms with Gasteiger partial charge in [0.2, 0.25) is 5.91 Å². The lowest BCUT2D eigenvalue weighted by molar-refractivity contribution is -0.126. The zero-order valence-electron chi connectivity index (χ0n) is 17.6. The fraction of sp³-hybridized carbons (Fsp3) is 0.524. The van der Waals surface area contributed by atoms with Gasteiger partial charge in [0.05, 0.1) is 12.2 Å². The van der Waals surface area contributed by atoms with Gasteiger partial charge in [-0.1, -0.05) is 38.7 Å². The van der Waals surface area contributed by atoms with Gasteiger partial charge in [0.1, 0.15) is 10.9 Å². The van der Waals surface area contributed by atoms with Gasteiger partial charge < -0.3 is 21.7 Å². The van der Waals surface area contributed by atoms with Crippen molar-refractivity contribution >= 4 is 46.3 Å². The molecule has 0 aliphatic heterocycles. The summed E-state index contributed by atoms with van der Waals surface area (Å²) >= 11 is 2.36. The Hall–Kier alpha value is -2.46. The van der Waals surface area contributed by atoms with Crippen LogP contribution < -0.4 is 16.8 Å². The van der Waals surface area contributed by atoms with E-state index in [0.717, 1.165) is 54.9 Å². The van der Waals surface area contributed by atoms with Crippen molar-refractivity contribution in [1.82, 2.24) is 14.6 Å². The van der Waals surface area contributed by atoms with Crippen molar-refractivity contribution < 1.29 is 14.4 Å². The summed E-state index contributed by atoms with van der Waals surface area (Å²) in [5, 5.41) is 5.08. The number of thiophene rings is 1. The van der Waals surface area contributed by atoms with Gasteiger partial charge >= 0.3 is 0 Å². The summed E-state index contributed by atoms with van der Waals surface area (Å²) in [6.45, 7) is 2.34. The molecule has 1 aliphatic rings. The van der Waals surface area contributed by atoms with Crippen molar-refractivity contribution in [3.05, 3.63) is 33.0 Å². The van der Waals surface area contributed by atoms with Gasteiger partial charge in [0.25, 0.3) is 11.8 Å². The minimum Gasteiger partial charge on any atom is -0.395 e. The van der Waals surface area contributed by atoms with Crippen LogP contribution in [0.5, 0.6) is 0 Å². The SMILES string of the molecule is CCCCC(C(=O)NC1CCCC1)N(Cc1cccs1)C(=O)c1snc(C(N)=O)c1N. The van der Waals surface area contributed by atoms with Gasteiger partial charge in [0.15, 0.2) is 5.69 Å². The maximum Gasteiger partial charge on any atom is 0.270 e. The number of nitrogen functional groups attached to an aromatic ring is 1. The quantitative estimate of drug-likeness (QED) is 0.498. The van der Waals surface area contributed by atoms with Crippen LogP contribution >= 0.6 is 22.9 Å². The molecule has 1 fully saturated rings. The second-order valence-electron chi connectivity index (χ2n) is 7.80. The van der Waals surface area contributed by atoms with Crippen molar-refractivity contribution in [3.8, 4) is 0 Å². The van der Waals surface area contributed by atoms with Gasteiger partial charge in [-0.2, -0.15) is 4.37 Å². The zero-order chi connectivity index (χ0) is 22.4. The van der Waals surface area contributed by atoms with E-state index in [2.05, 4.69) is 16.6 Å². The van der Waals surface area contributed by atoms with Crippen molar-refractivity contribution in [2.45, 2.75) is 70.5 Å². The summed E-state index contributed by atoms with van der Waals surface area (Å²) in [5.41, 5.74) is 11.2. The average molecular weight is 464 g/mol. The van der Waals surface area contributed by atoms with Gasteiger partial charge in [-0.3, -0.25) is 14.4 Å². The first-order chi connectivity index (χ1) is 14.9. The van der Waals surface area contributed by atoms with Crippen LogP contribution in [0.25, 0.3) is 0 Å². The molecule has 5 N–H and O–H groups in total. The second kappa shape index (κ2) is 10.7. The number of nitrogens with one attached hydrogen (secondary N) is 1. The molecular formula is C21H29N5O3S2. The number of hydrogen-bond acceptors (Lipinski definition) is 7. The molecular weight excluding hydrogens is 434 g/mol. The lowest BCUT2D eigenvalue weighted by atomic mass is 10.1. The largest absolute Gasteiger partial charge is 0.395 e. The maximum absolute atomic E-state index is 13.6. The molecule has 3 amide bonds. The Morgan fingerprint density at radius 3 is 2.65 bits per heavy atom. The average Bonchev–Trinajstić information content (AvgIpc) is 3.49. The number of rotatable bonds is 10. The summed E-state index contributed by atoms with van der Waals surface area (Å²) in [7, 11) is 0. The molecule has 1 unspecified atom stereocenters. The van der Waals surface area contributed by atoms with Gasteiger partial charge in [-0.05, 0) is 42.2 Å². The fourth-order valence-corrected chi connectivity index (χ4v) is 5.31. The normalized spacial score (nSPS) is 15.0. The molecule has 3 rings (SSSR count). The van der Waals surface area contributed by atoms with E-state index >= 15 is 0 Å². The van der Waals surface area contributed by atoms with Crippen LogP contribution in [-0.2, 0) is 11.3 Å². The Bertz CT molecular complexity index is 906. The van der Waals surface area contributed by atoms with Crippen LogP contribution in [0.2, 0.25) is 0 Å². The van der Waals surface area contributed by atoms with E-state index in [0.29, 0.717) is 6.42 Å². The van der Waals surface area contributed by atoms with E-state index < -0.39 is 17.9 Å². The van der Waals surface area contributed by atoms with Crippen LogP contribution in [0.1, 0.15) is 76.9 Å². The number of hydrogen-bond donors (Lipinski definition) is 3. The molecule has 1 aliphatic carbocycles. The minimum atomic E-state index is -0.779. The Morgan fingerprint density at radius 1 is 1.32 bits per heavy atom. The number of carbonyl (C=O) groups excluding carboxylic acids is 3. The van der Waals surface area contributed by atoms with Gasteiger partial charge in [-0.25, -0.2) is 0 Å². The molecule has 2 aromatic rings. The summed E-state index contributed by atoms with van der Waals surface area (Å²) in [5.74, 6) is -1.32. The summed E-state index contributed by atoms with van der Waals surface area (Å²) < 4.78 is 3.96. The summed E-state index contributed by atoms with van der Waals surface area (Å²) in [6, 6.07) is 3.37. The molecule has 0 bridgehead atoms. The molecule has 8 nitrogen and oxygen atoms in total. The number of amides is 3. The van der Waals surface area contributed by atoms with Crippen molar-refractivity contribution in [1.29, 1.82) is 0 Å². The Kier molecular flexibility index (Phi) is 8.03. The predicted octanol–water partition coefficient (Wildman–Crippen LogP) is 3.15. The number of carbonyl (C=O) groups is 3. The molecule has 0 aromatic carbocycles. The monoisotopic (exact) mass is 463 g/mol. The number of primary amides is 1. The molecule has 31 heavy (non-hydrogen) atoms. The van der Waals surface area contributed by atoms with Crippen LogP contribution in [-0.4, -0.2) is 39.1 Å². The standard InChI is InChI=1S/C21H29N5O3S2/c1-2-3-10-15(20(28)24-13-7-4-5-8-13)26(12-14-9-6-11-30-14)21(29)18-16(22)17(19(23)27)25-31-18/h6,9,11,13,15H,2-5,7-8,10,12,22H2,1H3,(H2,23,27)(H,24,28). The number of unbranched alkanes of at least 4 members (excludes halogenated alkanes) is 1. The molecule has 1 atom stereocenters. The van der Waals surface area contributed by atoms with E-state index in [1.165, 1.54) is 11.3 Å². The van der Waals surface area contributed by atoms with Crippen molar-refractivity contribution in [2.75, 3.05) is 5.73 Å². The number of nitrogens with zero attached hydrogens (tertiary/aromatic N) is 2. The highest BCUT2D eigenvalue weighted by Crippen LogP contribution is 2.27. The first-order valence-electron chi connectivity index (χ1n) is 10.6. The molecule has 2 heterocycles. The zero-order valence-corrected chi connectivity index (χ0v) is 19.3. The van der Waals surface area contributed by atoms with E-state index in [1.54, 1.807) is 4.90 Å². The number of anilines is 1. The topological polar surface area (TPSA) is 131 Å². The van der Waals surface area contributed by atoms with Crippen molar-refractivity contribution in [2.24, 2.45) is 5.73 Å². The van der Waals surface area contributed by atoms with E-state index in [4.69, 9.17) is 11.5 Å². The van der Waals surface area contributed by atoms with Crippen molar-refractivity contribution in [3.63, 3.8) is 0 Å². The second-order valence-corrected chi connectivity index (χ2v) is 9.60. The first-order valence-corrected chi connectivity index (χ1v) is 12.3. The van der Waals surface area contributed by atoms with Crippen LogP contribution in [0.4, 0.5) is 5.69 Å². The summed E-state index contributed by atoms with van der Waals surface area (Å²) in [6.07, 6.45) is 6.41.